The predicted molar refractivity (Wildman–Crippen MR) is 66.8 cm³/mol. The molecule has 0 unspecified atom stereocenters. The molecule has 0 atom stereocenters. The Morgan fingerprint density at radius 1 is 1.35 bits per heavy atom. The molecule has 3 heteroatoms. The second-order valence-electron chi connectivity index (χ2n) is 4.42. The van der Waals surface area contributed by atoms with Crippen LogP contribution in [0.2, 0.25) is 0 Å². The summed E-state index contributed by atoms with van der Waals surface area (Å²) in [7, 11) is 0. The van der Waals surface area contributed by atoms with Gasteiger partial charge < -0.3 is 10.1 Å². The molecule has 1 aliphatic rings. The zero-order valence-electron chi connectivity index (χ0n) is 10.2. The Labute approximate surface area is 102 Å². The van der Waals surface area contributed by atoms with E-state index in [4.69, 9.17) is 4.74 Å². The molecule has 92 valence electrons. The molecule has 1 aliphatic carbocycles. The van der Waals surface area contributed by atoms with Gasteiger partial charge in [-0.1, -0.05) is 24.3 Å². The van der Waals surface area contributed by atoms with E-state index in [9.17, 15) is 4.79 Å². The fourth-order valence-electron chi connectivity index (χ4n) is 1.85. The van der Waals surface area contributed by atoms with Gasteiger partial charge in [0, 0.05) is 6.54 Å². The van der Waals surface area contributed by atoms with Crippen molar-refractivity contribution in [3.05, 3.63) is 35.4 Å². The Bertz CT molecular complexity index is 368. The van der Waals surface area contributed by atoms with Crippen LogP contribution < -0.4 is 5.32 Å². The van der Waals surface area contributed by atoms with Gasteiger partial charge in [-0.25, -0.2) is 0 Å². The SMILES string of the molecule is CCOC(=O)CNCc1ccc(C2CC2)cc1. The summed E-state index contributed by atoms with van der Waals surface area (Å²) in [5.41, 5.74) is 2.65. The van der Waals surface area contributed by atoms with Gasteiger partial charge in [-0.3, -0.25) is 4.79 Å². The smallest absolute Gasteiger partial charge is 0.319 e. The third kappa shape index (κ3) is 3.86. The molecule has 3 nitrogen and oxygen atoms in total. The molecule has 1 saturated carbocycles. The van der Waals surface area contributed by atoms with Crippen molar-refractivity contribution in [3.8, 4) is 0 Å². The van der Waals surface area contributed by atoms with Gasteiger partial charge in [0.05, 0.1) is 13.2 Å². The first-order chi connectivity index (χ1) is 8.29. The molecule has 0 spiro atoms. The highest BCUT2D eigenvalue weighted by Crippen LogP contribution is 2.39. The number of ether oxygens (including phenoxy) is 1. The van der Waals surface area contributed by atoms with E-state index >= 15 is 0 Å². The molecule has 2 rings (SSSR count). The van der Waals surface area contributed by atoms with Gasteiger partial charge in [0.25, 0.3) is 0 Å². The highest BCUT2D eigenvalue weighted by molar-refractivity contribution is 5.71. The van der Waals surface area contributed by atoms with E-state index < -0.39 is 0 Å². The minimum atomic E-state index is -0.192. The van der Waals surface area contributed by atoms with Gasteiger partial charge in [0.1, 0.15) is 0 Å². The molecule has 0 radical (unpaired) electrons. The van der Waals surface area contributed by atoms with Crippen LogP contribution in [0.4, 0.5) is 0 Å². The van der Waals surface area contributed by atoms with Crippen LogP contribution in [0.25, 0.3) is 0 Å². The number of benzene rings is 1. The number of hydrogen-bond acceptors (Lipinski definition) is 3. The topological polar surface area (TPSA) is 38.3 Å². The zero-order valence-corrected chi connectivity index (χ0v) is 10.2. The lowest BCUT2D eigenvalue weighted by Crippen LogP contribution is -2.24. The lowest BCUT2D eigenvalue weighted by atomic mass is 10.1. The molecular formula is C14H19NO2. The summed E-state index contributed by atoms with van der Waals surface area (Å²) in [6.45, 7) is 3.24. The van der Waals surface area contributed by atoms with Crippen LogP contribution in [-0.4, -0.2) is 19.1 Å². The Morgan fingerprint density at radius 3 is 2.65 bits per heavy atom. The van der Waals surface area contributed by atoms with E-state index in [-0.39, 0.29) is 12.5 Å². The maximum atomic E-state index is 11.1. The van der Waals surface area contributed by atoms with Crippen molar-refractivity contribution in [2.75, 3.05) is 13.2 Å². The molecule has 1 N–H and O–H groups in total. The average Bonchev–Trinajstić information content (AvgIpc) is 3.14. The van der Waals surface area contributed by atoms with Gasteiger partial charge >= 0.3 is 5.97 Å². The van der Waals surface area contributed by atoms with Crippen LogP contribution >= 0.6 is 0 Å². The van der Waals surface area contributed by atoms with E-state index in [1.54, 1.807) is 0 Å². The number of hydrogen-bond donors (Lipinski definition) is 1. The maximum absolute atomic E-state index is 11.1. The van der Waals surface area contributed by atoms with Crippen molar-refractivity contribution in [2.24, 2.45) is 0 Å². The summed E-state index contributed by atoms with van der Waals surface area (Å²) in [6, 6.07) is 8.65. The monoisotopic (exact) mass is 233 g/mol. The number of esters is 1. The minimum absolute atomic E-state index is 0.192. The molecule has 0 aromatic heterocycles. The van der Waals surface area contributed by atoms with E-state index in [2.05, 4.69) is 29.6 Å². The average molecular weight is 233 g/mol. The number of carbonyl (C=O) groups excluding carboxylic acids is 1. The number of rotatable bonds is 6. The third-order valence-corrected chi connectivity index (χ3v) is 2.93. The third-order valence-electron chi connectivity index (χ3n) is 2.93. The summed E-state index contributed by atoms with van der Waals surface area (Å²) in [5, 5.41) is 3.08. The second-order valence-corrected chi connectivity index (χ2v) is 4.42. The Morgan fingerprint density at radius 2 is 2.06 bits per heavy atom. The lowest BCUT2D eigenvalue weighted by molar-refractivity contribution is -0.142. The normalized spacial score (nSPS) is 14.6. The Kier molecular flexibility index (Phi) is 4.15. The molecular weight excluding hydrogens is 214 g/mol. The summed E-state index contributed by atoms with van der Waals surface area (Å²) in [4.78, 5) is 11.1. The van der Waals surface area contributed by atoms with Gasteiger partial charge in [-0.15, -0.1) is 0 Å². The predicted octanol–water partition coefficient (Wildman–Crippen LogP) is 2.22. The van der Waals surface area contributed by atoms with Crippen molar-refractivity contribution in [2.45, 2.75) is 32.2 Å². The van der Waals surface area contributed by atoms with Crippen molar-refractivity contribution in [3.63, 3.8) is 0 Å². The van der Waals surface area contributed by atoms with Gasteiger partial charge in [-0.2, -0.15) is 0 Å². The molecule has 0 bridgehead atoms. The van der Waals surface area contributed by atoms with Crippen LogP contribution in [0.5, 0.6) is 0 Å². The van der Waals surface area contributed by atoms with Crippen molar-refractivity contribution in [1.29, 1.82) is 0 Å². The lowest BCUT2D eigenvalue weighted by Gasteiger charge is -2.05. The number of nitrogens with one attached hydrogen (secondary N) is 1. The Hall–Kier alpha value is -1.35. The summed E-state index contributed by atoms with van der Waals surface area (Å²) >= 11 is 0. The molecule has 17 heavy (non-hydrogen) atoms. The van der Waals surface area contributed by atoms with Gasteiger partial charge in [-0.05, 0) is 36.8 Å². The van der Waals surface area contributed by atoms with Crippen molar-refractivity contribution >= 4 is 5.97 Å². The van der Waals surface area contributed by atoms with E-state index in [0.717, 1.165) is 5.92 Å². The largest absolute Gasteiger partial charge is 0.465 e. The molecule has 1 aromatic rings. The van der Waals surface area contributed by atoms with Crippen LogP contribution in [0.3, 0.4) is 0 Å². The standard InChI is InChI=1S/C14H19NO2/c1-2-17-14(16)10-15-9-11-3-5-12(6-4-11)13-7-8-13/h3-6,13,15H,2,7-10H2,1H3. The summed E-state index contributed by atoms with van der Waals surface area (Å²) in [5.74, 6) is 0.610. The maximum Gasteiger partial charge on any atom is 0.319 e. The van der Waals surface area contributed by atoms with E-state index in [0.29, 0.717) is 13.2 Å². The fourth-order valence-corrected chi connectivity index (χ4v) is 1.85. The first-order valence-electron chi connectivity index (χ1n) is 6.24. The quantitative estimate of drug-likeness (QED) is 0.766. The Balaban J connectivity index is 1.73. The van der Waals surface area contributed by atoms with Crippen molar-refractivity contribution < 1.29 is 9.53 Å². The van der Waals surface area contributed by atoms with Gasteiger partial charge in [0.15, 0.2) is 0 Å². The molecule has 0 amide bonds. The summed E-state index contributed by atoms with van der Waals surface area (Å²) < 4.78 is 4.84. The zero-order chi connectivity index (χ0) is 12.1. The van der Waals surface area contributed by atoms with E-state index in [1.165, 1.54) is 24.0 Å². The molecule has 0 aliphatic heterocycles. The minimum Gasteiger partial charge on any atom is -0.465 e. The van der Waals surface area contributed by atoms with Crippen LogP contribution in [0.15, 0.2) is 24.3 Å². The fraction of sp³-hybridized carbons (Fsp3) is 0.500. The van der Waals surface area contributed by atoms with Crippen LogP contribution in [-0.2, 0) is 16.1 Å². The first kappa shape index (κ1) is 12.1. The van der Waals surface area contributed by atoms with E-state index in [1.807, 2.05) is 6.92 Å². The van der Waals surface area contributed by atoms with Gasteiger partial charge in [0.2, 0.25) is 0 Å². The highest BCUT2D eigenvalue weighted by Gasteiger charge is 2.22. The molecule has 0 heterocycles. The highest BCUT2D eigenvalue weighted by atomic mass is 16.5. The van der Waals surface area contributed by atoms with Crippen LogP contribution in [0.1, 0.15) is 36.8 Å². The molecule has 0 saturated heterocycles. The van der Waals surface area contributed by atoms with Crippen LogP contribution in [0, 0.1) is 0 Å². The molecule has 1 fully saturated rings. The first-order valence-corrected chi connectivity index (χ1v) is 6.24. The number of carbonyl (C=O) groups is 1. The molecule has 1 aromatic carbocycles. The summed E-state index contributed by atoms with van der Waals surface area (Å²) in [6.07, 6.45) is 2.67. The van der Waals surface area contributed by atoms with Crippen molar-refractivity contribution in [1.82, 2.24) is 5.32 Å². The second kappa shape index (κ2) is 5.82.